The van der Waals surface area contributed by atoms with E-state index in [1.807, 2.05) is 0 Å². The number of sulfonamides is 1. The molecule has 0 bridgehead atoms. The van der Waals surface area contributed by atoms with Crippen molar-refractivity contribution in [3.8, 4) is 0 Å². The molecule has 10 nitrogen and oxygen atoms in total. The molecule has 5 rings (SSSR count). The molecule has 3 aromatic rings. The fourth-order valence-electron chi connectivity index (χ4n) is 4.86. The van der Waals surface area contributed by atoms with Gasteiger partial charge in [-0.05, 0) is 72.9 Å². The molecule has 3 aromatic carbocycles. The molecule has 1 aliphatic carbocycles. The Bertz CT molecular complexity index is 1670. The van der Waals surface area contributed by atoms with Crippen molar-refractivity contribution in [2.75, 3.05) is 36.4 Å². The summed E-state index contributed by atoms with van der Waals surface area (Å²) in [7, 11) is -2.35. The van der Waals surface area contributed by atoms with Gasteiger partial charge in [0.2, 0.25) is 10.0 Å². The number of carbonyl (C=O) groups excluding carboxylic acids is 3. The number of carbonyl (C=O) groups is 3. The number of nitrogens with one attached hydrogen (secondary N) is 1. The number of nitrogen functional groups attached to an aromatic ring is 1. The smallest absolute Gasteiger partial charge is 0.270 e. The Morgan fingerprint density at radius 3 is 2.22 bits per heavy atom. The minimum Gasteiger partial charge on any atom is -0.398 e. The van der Waals surface area contributed by atoms with Crippen LogP contribution in [0.1, 0.15) is 50.6 Å². The van der Waals surface area contributed by atoms with E-state index in [0.717, 1.165) is 28.5 Å². The average molecular weight is 639 g/mol. The summed E-state index contributed by atoms with van der Waals surface area (Å²) in [5, 5.41) is 2.61. The van der Waals surface area contributed by atoms with Gasteiger partial charge < -0.3 is 11.1 Å². The highest BCUT2D eigenvalue weighted by molar-refractivity contribution is 9.10. The number of hydrogen-bond acceptors (Lipinski definition) is 7. The first-order chi connectivity index (χ1) is 19.5. The molecule has 1 heterocycles. The Kier molecular flexibility index (Phi) is 7.71. The Balaban J connectivity index is 1.53. The summed E-state index contributed by atoms with van der Waals surface area (Å²) in [6.07, 6.45) is 2.75. The zero-order chi connectivity index (χ0) is 29.5. The Morgan fingerprint density at radius 2 is 1.68 bits per heavy atom. The van der Waals surface area contributed by atoms with Gasteiger partial charge in [-0.25, -0.2) is 13.4 Å². The Hall–Kier alpha value is -4.03. The van der Waals surface area contributed by atoms with E-state index in [1.165, 1.54) is 17.4 Å². The van der Waals surface area contributed by atoms with Crippen LogP contribution in [-0.2, 0) is 14.8 Å². The van der Waals surface area contributed by atoms with Crippen LogP contribution in [0.5, 0.6) is 0 Å². The van der Waals surface area contributed by atoms with Crippen molar-refractivity contribution in [1.82, 2.24) is 10.2 Å². The molecule has 0 saturated heterocycles. The van der Waals surface area contributed by atoms with Gasteiger partial charge in [0.15, 0.2) is 0 Å². The summed E-state index contributed by atoms with van der Waals surface area (Å²) >= 11 is 3.39. The minimum absolute atomic E-state index is 0.0616. The number of nitrogens with zero attached hydrogens (tertiary/aromatic N) is 3. The van der Waals surface area contributed by atoms with Crippen molar-refractivity contribution >= 4 is 66.4 Å². The number of likely N-dealkylation sites (N-methyl/N-ethyl adjacent to an activating group) is 1. The third-order valence-corrected chi connectivity index (χ3v) is 8.76. The molecule has 2 aliphatic rings. The number of halogens is 1. The third-order valence-electron chi connectivity index (χ3n) is 7.05. The van der Waals surface area contributed by atoms with Gasteiger partial charge in [0.25, 0.3) is 17.7 Å². The molecule has 41 heavy (non-hydrogen) atoms. The van der Waals surface area contributed by atoms with Gasteiger partial charge in [-0.3, -0.25) is 23.6 Å². The second-order valence-corrected chi connectivity index (χ2v) is 12.8. The number of amides is 3. The normalized spacial score (nSPS) is 15.2. The molecule has 3 amide bonds. The number of aliphatic imine (C=N–C) groups is 1. The van der Waals surface area contributed by atoms with Crippen molar-refractivity contribution in [2.45, 2.75) is 18.8 Å². The summed E-state index contributed by atoms with van der Waals surface area (Å²) < 4.78 is 28.2. The molecule has 212 valence electrons. The highest BCUT2D eigenvalue weighted by atomic mass is 79.9. The monoisotopic (exact) mass is 637 g/mol. The molecule has 0 atom stereocenters. The molecule has 1 aliphatic heterocycles. The first-order valence-electron chi connectivity index (χ1n) is 12.9. The maximum absolute atomic E-state index is 13.1. The van der Waals surface area contributed by atoms with E-state index in [-0.39, 0.29) is 30.4 Å². The van der Waals surface area contributed by atoms with Gasteiger partial charge >= 0.3 is 0 Å². The van der Waals surface area contributed by atoms with Crippen LogP contribution in [-0.4, -0.2) is 63.1 Å². The van der Waals surface area contributed by atoms with E-state index in [9.17, 15) is 22.8 Å². The van der Waals surface area contributed by atoms with Gasteiger partial charge in [0.1, 0.15) is 5.71 Å². The lowest BCUT2D eigenvalue weighted by molar-refractivity contribution is -0.114. The first kappa shape index (κ1) is 28.5. The highest BCUT2D eigenvalue weighted by Gasteiger charge is 2.37. The van der Waals surface area contributed by atoms with Crippen LogP contribution in [0.4, 0.5) is 17.1 Å². The second-order valence-electron chi connectivity index (χ2n) is 9.93. The van der Waals surface area contributed by atoms with Crippen LogP contribution in [0.3, 0.4) is 0 Å². The molecule has 0 aromatic heterocycles. The van der Waals surface area contributed by atoms with Crippen LogP contribution >= 0.6 is 15.9 Å². The van der Waals surface area contributed by atoms with E-state index in [4.69, 9.17) is 5.73 Å². The van der Waals surface area contributed by atoms with Gasteiger partial charge in [0.05, 0.1) is 35.3 Å². The molecule has 1 saturated carbocycles. The third kappa shape index (κ3) is 5.75. The molecular weight excluding hydrogens is 610 g/mol. The summed E-state index contributed by atoms with van der Waals surface area (Å²) in [6, 6.07) is 16.9. The van der Waals surface area contributed by atoms with Crippen LogP contribution < -0.4 is 15.4 Å². The quantitative estimate of drug-likeness (QED) is 0.207. The number of benzene rings is 3. The molecule has 1 fully saturated rings. The zero-order valence-electron chi connectivity index (χ0n) is 22.4. The lowest BCUT2D eigenvalue weighted by Gasteiger charge is -2.28. The molecule has 0 radical (unpaired) electrons. The van der Waals surface area contributed by atoms with Crippen LogP contribution in [0.15, 0.2) is 70.1 Å². The molecule has 12 heteroatoms. The van der Waals surface area contributed by atoms with E-state index in [0.29, 0.717) is 33.6 Å². The number of hydrogen-bond donors (Lipinski definition) is 2. The van der Waals surface area contributed by atoms with Gasteiger partial charge in [-0.2, -0.15) is 0 Å². The number of imide groups is 1. The second kappa shape index (κ2) is 11.1. The minimum atomic E-state index is -3.85. The maximum atomic E-state index is 13.1. The molecule has 3 N–H and O–H groups in total. The van der Waals surface area contributed by atoms with E-state index in [2.05, 4.69) is 26.2 Å². The topological polar surface area (TPSA) is 142 Å². The molecular formula is C29H28BrN5O5S. The van der Waals surface area contributed by atoms with Crippen LogP contribution in [0.25, 0.3) is 0 Å². The molecule has 0 spiro atoms. The fraction of sp³-hybridized carbons (Fsp3) is 0.241. The van der Waals surface area contributed by atoms with Crippen LogP contribution in [0.2, 0.25) is 0 Å². The first-order valence-corrected chi connectivity index (χ1v) is 15.6. The van der Waals surface area contributed by atoms with Crippen molar-refractivity contribution in [1.29, 1.82) is 0 Å². The number of nitrogens with two attached hydrogens (primary N) is 1. The number of anilines is 2. The van der Waals surface area contributed by atoms with Gasteiger partial charge in [-0.1, -0.05) is 28.1 Å². The van der Waals surface area contributed by atoms with E-state index >= 15 is 0 Å². The number of rotatable bonds is 9. The lowest BCUT2D eigenvalue weighted by atomic mass is 9.98. The average Bonchev–Trinajstić information content (AvgIpc) is 3.76. The largest absolute Gasteiger partial charge is 0.398 e. The highest BCUT2D eigenvalue weighted by Crippen LogP contribution is 2.46. The standard InChI is InChI=1S/C29H28BrN5O5S/c1-32-27(36)26(33-19-11-9-18(30)10-12-19)23-15-22(17-7-8-17)25(16-24(23)31)35(41(2,39)40)14-13-34-28(37)20-5-3-4-6-21(20)29(34)38/h3-6,9-12,15-17H,7-8,13-14,31H2,1-2H3,(H,32,36). The summed E-state index contributed by atoms with van der Waals surface area (Å²) in [4.78, 5) is 44.3. The predicted octanol–water partition coefficient (Wildman–Crippen LogP) is 3.84. The van der Waals surface area contributed by atoms with Crippen LogP contribution in [0, 0.1) is 0 Å². The Labute approximate surface area is 246 Å². The Morgan fingerprint density at radius 1 is 1.07 bits per heavy atom. The summed E-state index contributed by atoms with van der Waals surface area (Å²) in [6.45, 7) is -0.294. The van der Waals surface area contributed by atoms with E-state index in [1.54, 1.807) is 54.6 Å². The van der Waals surface area contributed by atoms with Crippen molar-refractivity contribution in [3.05, 3.63) is 87.4 Å². The fourth-order valence-corrected chi connectivity index (χ4v) is 6.05. The van der Waals surface area contributed by atoms with E-state index < -0.39 is 27.7 Å². The summed E-state index contributed by atoms with van der Waals surface area (Å²) in [5.41, 5.74) is 9.30. The van der Waals surface area contributed by atoms with Crippen molar-refractivity contribution < 1.29 is 22.8 Å². The zero-order valence-corrected chi connectivity index (χ0v) is 24.8. The van der Waals surface area contributed by atoms with Crippen molar-refractivity contribution in [3.63, 3.8) is 0 Å². The number of fused-ring (bicyclic) bond motifs is 1. The van der Waals surface area contributed by atoms with Gasteiger partial charge in [0, 0.05) is 29.3 Å². The predicted molar refractivity (Wildman–Crippen MR) is 161 cm³/mol. The molecule has 0 unspecified atom stereocenters. The van der Waals surface area contributed by atoms with Gasteiger partial charge in [-0.15, -0.1) is 0 Å². The SMILES string of the molecule is CNC(=O)C(=Nc1ccc(Br)cc1)c1cc(C2CC2)c(N(CCN2C(=O)c3ccccc3C2=O)S(C)(=O)=O)cc1N. The van der Waals surface area contributed by atoms with Crippen molar-refractivity contribution in [2.24, 2.45) is 4.99 Å². The summed E-state index contributed by atoms with van der Waals surface area (Å²) in [5.74, 6) is -1.31. The lowest BCUT2D eigenvalue weighted by Crippen LogP contribution is -2.41. The maximum Gasteiger partial charge on any atom is 0.270 e.